The van der Waals surface area contributed by atoms with Gasteiger partial charge in [0.15, 0.2) is 0 Å². The van der Waals surface area contributed by atoms with Gasteiger partial charge in [0.1, 0.15) is 17.5 Å². The van der Waals surface area contributed by atoms with Crippen LogP contribution in [0.25, 0.3) is 0 Å². The van der Waals surface area contributed by atoms with E-state index in [2.05, 4.69) is 0 Å². The molecule has 0 saturated heterocycles. The van der Waals surface area contributed by atoms with E-state index >= 15 is 0 Å². The number of benzene rings is 1. The molecule has 1 aliphatic heterocycles. The summed E-state index contributed by atoms with van der Waals surface area (Å²) < 4.78 is 19.9. The zero-order valence-corrected chi connectivity index (χ0v) is 16.2. The Hall–Kier alpha value is -2.46. The van der Waals surface area contributed by atoms with E-state index in [4.69, 9.17) is 10.5 Å². The summed E-state index contributed by atoms with van der Waals surface area (Å²) in [4.78, 5) is 37.8. The summed E-state index contributed by atoms with van der Waals surface area (Å²) in [6.07, 6.45) is -0.230. The molecule has 2 rings (SSSR count). The second-order valence-electron chi connectivity index (χ2n) is 7.74. The monoisotopic (exact) mass is 394 g/mol. The summed E-state index contributed by atoms with van der Waals surface area (Å²) in [5.74, 6) is -2.92. The molecule has 152 valence electrons. The van der Waals surface area contributed by atoms with Crippen molar-refractivity contribution in [1.82, 2.24) is 4.90 Å². The van der Waals surface area contributed by atoms with E-state index in [0.29, 0.717) is 0 Å². The van der Waals surface area contributed by atoms with E-state index in [1.807, 2.05) is 0 Å². The Bertz CT molecular complexity index is 808. The fourth-order valence-corrected chi connectivity index (χ4v) is 3.34. The highest BCUT2D eigenvalue weighted by molar-refractivity contribution is 6.58. The quantitative estimate of drug-likeness (QED) is 0.460. The molecule has 1 heterocycles. The van der Waals surface area contributed by atoms with Crippen molar-refractivity contribution >= 4 is 30.4 Å². The molecule has 10 heteroatoms. The molecule has 0 aromatic heterocycles. The number of amides is 2. The summed E-state index contributed by atoms with van der Waals surface area (Å²) in [5, 5.41) is 18.6. The lowest BCUT2D eigenvalue weighted by Crippen LogP contribution is -2.46. The molecule has 4 N–H and O–H groups in total. The fraction of sp³-hybridized carbons (Fsp3) is 0.500. The number of fused-ring (bicyclic) bond motifs is 1. The van der Waals surface area contributed by atoms with Crippen LogP contribution in [0.3, 0.4) is 0 Å². The number of hydrogen-bond donors (Lipinski definition) is 3. The summed E-state index contributed by atoms with van der Waals surface area (Å²) in [5.41, 5.74) is 4.35. The zero-order valence-electron chi connectivity index (χ0n) is 16.2. The third-order valence-electron chi connectivity index (χ3n) is 4.49. The first-order valence-electron chi connectivity index (χ1n) is 8.87. The van der Waals surface area contributed by atoms with Crippen LogP contribution >= 0.6 is 0 Å². The maximum absolute atomic E-state index is 14.7. The van der Waals surface area contributed by atoms with Crippen molar-refractivity contribution in [1.29, 1.82) is 0 Å². The van der Waals surface area contributed by atoms with Crippen molar-refractivity contribution in [3.8, 4) is 0 Å². The first-order valence-corrected chi connectivity index (χ1v) is 8.87. The molecule has 2 amide bonds. The maximum Gasteiger partial charge on any atom is 0.491 e. The minimum absolute atomic E-state index is 0.0120. The summed E-state index contributed by atoms with van der Waals surface area (Å²) in [7, 11) is -2.04. The Morgan fingerprint density at radius 1 is 1.36 bits per heavy atom. The van der Waals surface area contributed by atoms with Gasteiger partial charge in [-0.2, -0.15) is 0 Å². The first-order chi connectivity index (χ1) is 12.8. The normalized spacial score (nSPS) is 17.3. The number of halogens is 1. The number of ether oxygens (including phenoxy) is 1. The van der Waals surface area contributed by atoms with Gasteiger partial charge in [-0.3, -0.25) is 14.4 Å². The minimum Gasteiger partial charge on any atom is -0.460 e. The van der Waals surface area contributed by atoms with E-state index in [1.165, 1.54) is 13.0 Å². The number of carbonyl (C=O) groups excluding carboxylic acids is 3. The number of carbonyl (C=O) groups is 3. The molecule has 1 unspecified atom stereocenters. The van der Waals surface area contributed by atoms with Crippen LogP contribution in [-0.2, 0) is 14.3 Å². The van der Waals surface area contributed by atoms with Gasteiger partial charge in [-0.05, 0) is 40.2 Å². The van der Waals surface area contributed by atoms with Gasteiger partial charge < -0.3 is 25.4 Å². The molecule has 2 atom stereocenters. The first kappa shape index (κ1) is 21.8. The average Bonchev–Trinajstić information content (AvgIpc) is 2.78. The number of nitrogens with two attached hydrogens (primary N) is 1. The molecule has 0 radical (unpaired) electrons. The average molecular weight is 394 g/mol. The van der Waals surface area contributed by atoms with Crippen molar-refractivity contribution in [2.75, 3.05) is 0 Å². The van der Waals surface area contributed by atoms with Crippen LogP contribution in [-0.4, -0.2) is 51.5 Å². The molecule has 1 aromatic rings. The van der Waals surface area contributed by atoms with E-state index in [0.717, 1.165) is 11.0 Å². The number of esters is 1. The van der Waals surface area contributed by atoms with Crippen molar-refractivity contribution in [2.45, 2.75) is 58.2 Å². The van der Waals surface area contributed by atoms with Crippen LogP contribution in [0.2, 0.25) is 0 Å². The summed E-state index contributed by atoms with van der Waals surface area (Å²) in [6.45, 7) is 6.61. The standard InChI is InChI=1S/C18H24BFN2O6/c1-9-14-10(5-6-11(15(14)20)19(26)27)17(25)22(9)12(16(21)24)7-8-13(23)28-18(2,3)4/h5-6,9,12,26-27H,7-8H2,1-4H3,(H2,21,24)/t9-,12?/m1/s1. The highest BCUT2D eigenvalue weighted by Gasteiger charge is 2.43. The largest absolute Gasteiger partial charge is 0.491 e. The molecular formula is C18H24BFN2O6. The molecule has 0 saturated carbocycles. The van der Waals surface area contributed by atoms with E-state index in [1.54, 1.807) is 20.8 Å². The van der Waals surface area contributed by atoms with Crippen molar-refractivity contribution in [2.24, 2.45) is 5.73 Å². The number of hydrogen-bond acceptors (Lipinski definition) is 6. The Kier molecular flexibility index (Phi) is 6.15. The Balaban J connectivity index is 2.29. The summed E-state index contributed by atoms with van der Waals surface area (Å²) in [6, 6.07) is 0.354. The minimum atomic E-state index is -2.04. The third-order valence-corrected chi connectivity index (χ3v) is 4.49. The molecule has 1 aromatic carbocycles. The molecule has 0 aliphatic carbocycles. The predicted octanol–water partition coefficient (Wildman–Crippen LogP) is -0.00190. The second-order valence-corrected chi connectivity index (χ2v) is 7.74. The number of primary amides is 1. The van der Waals surface area contributed by atoms with Crippen molar-refractivity contribution < 1.29 is 33.6 Å². The maximum atomic E-state index is 14.7. The Morgan fingerprint density at radius 3 is 2.46 bits per heavy atom. The van der Waals surface area contributed by atoms with Crippen molar-refractivity contribution in [3.63, 3.8) is 0 Å². The molecule has 0 fully saturated rings. The number of nitrogens with zero attached hydrogens (tertiary/aromatic N) is 1. The lowest BCUT2D eigenvalue weighted by Gasteiger charge is -2.30. The molecule has 0 bridgehead atoms. The highest BCUT2D eigenvalue weighted by atomic mass is 19.1. The Labute approximate surface area is 162 Å². The fourth-order valence-electron chi connectivity index (χ4n) is 3.34. The van der Waals surface area contributed by atoms with E-state index in [9.17, 15) is 28.8 Å². The van der Waals surface area contributed by atoms with Gasteiger partial charge in [-0.15, -0.1) is 0 Å². The van der Waals surface area contributed by atoms with Crippen LogP contribution in [0.15, 0.2) is 12.1 Å². The SMILES string of the molecule is C[C@@H]1c2c(ccc(B(O)O)c2F)C(=O)N1C(CCC(=O)OC(C)(C)C)C(N)=O. The van der Waals surface area contributed by atoms with Gasteiger partial charge in [-0.1, -0.05) is 6.07 Å². The predicted molar refractivity (Wildman–Crippen MR) is 98.9 cm³/mol. The topological polar surface area (TPSA) is 130 Å². The molecule has 1 aliphatic rings. The van der Waals surface area contributed by atoms with Crippen LogP contribution in [0, 0.1) is 5.82 Å². The van der Waals surface area contributed by atoms with Crippen molar-refractivity contribution in [3.05, 3.63) is 29.1 Å². The van der Waals surface area contributed by atoms with E-state index in [-0.39, 0.29) is 29.4 Å². The Morgan fingerprint density at radius 2 is 1.96 bits per heavy atom. The van der Waals surface area contributed by atoms with Gasteiger partial charge in [0.25, 0.3) is 5.91 Å². The number of rotatable bonds is 6. The second kappa shape index (κ2) is 7.88. The molecule has 0 spiro atoms. The van der Waals surface area contributed by atoms with Crippen LogP contribution in [0.4, 0.5) is 4.39 Å². The van der Waals surface area contributed by atoms with Gasteiger partial charge in [0.05, 0.1) is 6.04 Å². The van der Waals surface area contributed by atoms with E-state index < -0.39 is 48.4 Å². The zero-order chi connectivity index (χ0) is 21.4. The summed E-state index contributed by atoms with van der Waals surface area (Å²) >= 11 is 0. The third kappa shape index (κ3) is 4.33. The molecular weight excluding hydrogens is 370 g/mol. The van der Waals surface area contributed by atoms with Gasteiger partial charge in [0.2, 0.25) is 5.91 Å². The van der Waals surface area contributed by atoms with Gasteiger partial charge in [-0.25, -0.2) is 4.39 Å². The molecule has 28 heavy (non-hydrogen) atoms. The molecule has 8 nitrogen and oxygen atoms in total. The van der Waals surface area contributed by atoms with Crippen LogP contribution < -0.4 is 11.2 Å². The van der Waals surface area contributed by atoms with Gasteiger partial charge in [0, 0.05) is 23.0 Å². The van der Waals surface area contributed by atoms with Crippen LogP contribution in [0.1, 0.15) is 62.5 Å². The van der Waals surface area contributed by atoms with Crippen LogP contribution in [0.5, 0.6) is 0 Å². The smallest absolute Gasteiger partial charge is 0.460 e. The lowest BCUT2D eigenvalue weighted by molar-refractivity contribution is -0.155. The van der Waals surface area contributed by atoms with Gasteiger partial charge >= 0.3 is 13.1 Å². The highest BCUT2D eigenvalue weighted by Crippen LogP contribution is 2.37. The lowest BCUT2D eigenvalue weighted by atomic mass is 9.78.